The van der Waals surface area contributed by atoms with Crippen molar-refractivity contribution >= 4 is 36.5 Å². The fourth-order valence-corrected chi connectivity index (χ4v) is 2.66. The number of nitrogens with zero attached hydrogens (tertiary/aromatic N) is 1. The summed E-state index contributed by atoms with van der Waals surface area (Å²) in [4.78, 5) is 15.1. The van der Waals surface area contributed by atoms with Crippen LogP contribution in [0.4, 0.5) is 0 Å². The highest BCUT2D eigenvalue weighted by Crippen LogP contribution is 2.31. The SMILES string of the molecule is CNC(=O)COc1ccc(S(=O)(=O)Cl)c2ncccc12. The van der Waals surface area contributed by atoms with Crippen LogP contribution >= 0.6 is 10.7 Å². The summed E-state index contributed by atoms with van der Waals surface area (Å²) in [6.45, 7) is -0.173. The van der Waals surface area contributed by atoms with E-state index >= 15 is 0 Å². The maximum Gasteiger partial charge on any atom is 0.263 e. The number of carbonyl (C=O) groups is 1. The van der Waals surface area contributed by atoms with Crippen LogP contribution in [0.1, 0.15) is 0 Å². The molecule has 1 N–H and O–H groups in total. The summed E-state index contributed by atoms with van der Waals surface area (Å²) >= 11 is 0. The predicted molar refractivity (Wildman–Crippen MR) is 74.3 cm³/mol. The van der Waals surface area contributed by atoms with Gasteiger partial charge in [-0.25, -0.2) is 8.42 Å². The van der Waals surface area contributed by atoms with Gasteiger partial charge in [-0.3, -0.25) is 9.78 Å². The van der Waals surface area contributed by atoms with E-state index in [9.17, 15) is 13.2 Å². The lowest BCUT2D eigenvalue weighted by Crippen LogP contribution is -2.24. The lowest BCUT2D eigenvalue weighted by molar-refractivity contribution is -0.122. The zero-order valence-corrected chi connectivity index (χ0v) is 12.0. The fourth-order valence-electron chi connectivity index (χ4n) is 1.66. The Morgan fingerprint density at radius 1 is 1.40 bits per heavy atom. The Labute approximate surface area is 120 Å². The van der Waals surface area contributed by atoms with E-state index in [0.717, 1.165) is 0 Å². The Kier molecular flexibility index (Phi) is 4.10. The number of amides is 1. The van der Waals surface area contributed by atoms with E-state index < -0.39 is 9.05 Å². The number of ether oxygens (including phenoxy) is 1. The Hall–Kier alpha value is -1.86. The highest BCUT2D eigenvalue weighted by molar-refractivity contribution is 8.14. The number of fused-ring (bicyclic) bond motifs is 1. The molecule has 0 bridgehead atoms. The molecule has 0 spiro atoms. The van der Waals surface area contributed by atoms with E-state index in [2.05, 4.69) is 10.3 Å². The van der Waals surface area contributed by atoms with Gasteiger partial charge in [0.15, 0.2) is 6.61 Å². The number of hydrogen-bond donors (Lipinski definition) is 1. The van der Waals surface area contributed by atoms with Crippen molar-refractivity contribution in [2.24, 2.45) is 0 Å². The van der Waals surface area contributed by atoms with Crippen LogP contribution < -0.4 is 10.1 Å². The molecule has 1 heterocycles. The smallest absolute Gasteiger partial charge is 0.263 e. The number of rotatable bonds is 4. The monoisotopic (exact) mass is 314 g/mol. The number of nitrogens with one attached hydrogen (secondary N) is 1. The van der Waals surface area contributed by atoms with Crippen molar-refractivity contribution in [3.63, 3.8) is 0 Å². The average Bonchev–Trinajstić information content (AvgIpc) is 2.43. The number of carbonyl (C=O) groups excluding carboxylic acids is 1. The van der Waals surface area contributed by atoms with Gasteiger partial charge in [-0.2, -0.15) is 0 Å². The van der Waals surface area contributed by atoms with Gasteiger partial charge in [-0.15, -0.1) is 0 Å². The van der Waals surface area contributed by atoms with Crippen LogP contribution in [-0.2, 0) is 13.8 Å². The van der Waals surface area contributed by atoms with Gasteiger partial charge in [0.05, 0.1) is 5.52 Å². The maximum atomic E-state index is 11.5. The highest BCUT2D eigenvalue weighted by atomic mass is 35.7. The van der Waals surface area contributed by atoms with Gasteiger partial charge < -0.3 is 10.1 Å². The lowest BCUT2D eigenvalue weighted by Gasteiger charge is -2.10. The molecule has 20 heavy (non-hydrogen) atoms. The molecule has 0 aliphatic rings. The third kappa shape index (κ3) is 3.00. The van der Waals surface area contributed by atoms with Crippen LogP contribution in [-0.4, -0.2) is 33.0 Å². The van der Waals surface area contributed by atoms with Gasteiger partial charge in [-0.05, 0) is 24.3 Å². The number of aromatic nitrogens is 1. The molecule has 1 aromatic carbocycles. The first-order valence-corrected chi connectivity index (χ1v) is 7.90. The van der Waals surface area contributed by atoms with Gasteiger partial charge in [-0.1, -0.05) is 0 Å². The summed E-state index contributed by atoms with van der Waals surface area (Å²) in [6, 6.07) is 6.03. The van der Waals surface area contributed by atoms with Crippen LogP contribution in [0.2, 0.25) is 0 Å². The van der Waals surface area contributed by atoms with Gasteiger partial charge in [0.25, 0.3) is 15.0 Å². The molecule has 6 nitrogen and oxygen atoms in total. The number of hydrogen-bond acceptors (Lipinski definition) is 5. The molecular formula is C12H11ClN2O4S. The molecule has 0 atom stereocenters. The number of likely N-dealkylation sites (N-methyl/N-ethyl adjacent to an activating group) is 1. The molecule has 0 fully saturated rings. The minimum atomic E-state index is -3.91. The van der Waals surface area contributed by atoms with Gasteiger partial charge >= 0.3 is 0 Å². The standard InChI is InChI=1S/C12H11ClN2O4S/c1-14-11(16)7-19-9-4-5-10(20(13,17)18)12-8(9)3-2-6-15-12/h2-6H,7H2,1H3,(H,14,16). The van der Waals surface area contributed by atoms with E-state index in [4.69, 9.17) is 15.4 Å². The van der Waals surface area contributed by atoms with E-state index in [1.165, 1.54) is 25.4 Å². The van der Waals surface area contributed by atoms with E-state index in [-0.39, 0.29) is 22.9 Å². The molecule has 0 unspecified atom stereocenters. The third-order valence-electron chi connectivity index (χ3n) is 2.59. The lowest BCUT2D eigenvalue weighted by atomic mass is 10.2. The summed E-state index contributed by atoms with van der Waals surface area (Å²) in [5, 5.41) is 2.89. The van der Waals surface area contributed by atoms with Crippen molar-refractivity contribution in [3.8, 4) is 5.75 Å². The normalized spacial score (nSPS) is 11.3. The largest absolute Gasteiger partial charge is 0.483 e. The van der Waals surface area contributed by atoms with Crippen molar-refractivity contribution in [1.29, 1.82) is 0 Å². The second-order valence-electron chi connectivity index (χ2n) is 3.86. The van der Waals surface area contributed by atoms with Gasteiger partial charge in [0, 0.05) is 29.3 Å². The molecular weight excluding hydrogens is 304 g/mol. The van der Waals surface area contributed by atoms with Gasteiger partial charge in [0.2, 0.25) is 0 Å². The highest BCUT2D eigenvalue weighted by Gasteiger charge is 2.17. The topological polar surface area (TPSA) is 85.4 Å². The van der Waals surface area contributed by atoms with Crippen molar-refractivity contribution in [3.05, 3.63) is 30.5 Å². The molecule has 106 valence electrons. The Morgan fingerprint density at radius 2 is 2.15 bits per heavy atom. The Balaban J connectivity index is 2.52. The van der Waals surface area contributed by atoms with Crippen LogP contribution in [0.3, 0.4) is 0 Å². The molecule has 0 saturated carbocycles. The quantitative estimate of drug-likeness (QED) is 0.859. The number of pyridine rings is 1. The summed E-state index contributed by atoms with van der Waals surface area (Å²) in [5.41, 5.74) is 0.205. The summed E-state index contributed by atoms with van der Waals surface area (Å²) in [5.74, 6) is 0.0665. The summed E-state index contributed by atoms with van der Waals surface area (Å²) < 4.78 is 28.3. The van der Waals surface area contributed by atoms with Crippen molar-refractivity contribution in [2.75, 3.05) is 13.7 Å². The molecule has 1 amide bonds. The van der Waals surface area contributed by atoms with Crippen molar-refractivity contribution < 1.29 is 17.9 Å². The van der Waals surface area contributed by atoms with E-state index in [1.807, 2.05) is 0 Å². The molecule has 2 rings (SSSR count). The zero-order valence-electron chi connectivity index (χ0n) is 10.5. The molecule has 0 aliphatic heterocycles. The first kappa shape index (κ1) is 14.5. The van der Waals surface area contributed by atoms with Crippen molar-refractivity contribution in [2.45, 2.75) is 4.90 Å². The molecule has 0 saturated heterocycles. The molecule has 0 aliphatic carbocycles. The summed E-state index contributed by atoms with van der Waals surface area (Å²) in [6.07, 6.45) is 1.45. The van der Waals surface area contributed by atoms with Crippen LogP contribution in [0, 0.1) is 0 Å². The molecule has 1 aromatic heterocycles. The fraction of sp³-hybridized carbons (Fsp3) is 0.167. The van der Waals surface area contributed by atoms with Crippen LogP contribution in [0.25, 0.3) is 10.9 Å². The van der Waals surface area contributed by atoms with E-state index in [1.54, 1.807) is 12.1 Å². The minimum absolute atomic E-state index is 0.0953. The van der Waals surface area contributed by atoms with Crippen molar-refractivity contribution in [1.82, 2.24) is 10.3 Å². The second-order valence-corrected chi connectivity index (χ2v) is 6.40. The Bertz CT molecular complexity index is 761. The third-order valence-corrected chi connectivity index (χ3v) is 3.95. The van der Waals surface area contributed by atoms with Crippen LogP contribution in [0.5, 0.6) is 5.75 Å². The molecule has 0 radical (unpaired) electrons. The predicted octanol–water partition coefficient (Wildman–Crippen LogP) is 1.29. The second kappa shape index (κ2) is 5.64. The first-order chi connectivity index (χ1) is 9.43. The van der Waals surface area contributed by atoms with Gasteiger partial charge in [0.1, 0.15) is 10.6 Å². The maximum absolute atomic E-state index is 11.5. The number of benzene rings is 1. The first-order valence-electron chi connectivity index (χ1n) is 5.59. The summed E-state index contributed by atoms with van der Waals surface area (Å²) in [7, 11) is 2.95. The van der Waals surface area contributed by atoms with E-state index in [0.29, 0.717) is 11.1 Å². The minimum Gasteiger partial charge on any atom is -0.483 e. The van der Waals surface area contributed by atoms with Crippen LogP contribution in [0.15, 0.2) is 35.4 Å². The zero-order chi connectivity index (χ0) is 14.8. The molecule has 8 heteroatoms. The number of halogens is 1. The average molecular weight is 315 g/mol. The molecule has 2 aromatic rings. The Morgan fingerprint density at radius 3 is 2.80 bits per heavy atom.